The molecule has 1 fully saturated rings. The molecule has 4 N–H and O–H groups in total. The minimum atomic E-state index is -0.458. The summed E-state index contributed by atoms with van der Waals surface area (Å²) < 4.78 is 0. The van der Waals surface area contributed by atoms with Crippen molar-refractivity contribution < 1.29 is 9.59 Å². The smallest absolute Gasteiger partial charge is 0.227 e. The molecule has 0 radical (unpaired) electrons. The number of amides is 2. The largest absolute Gasteiger partial charge is 0.354 e. The van der Waals surface area contributed by atoms with E-state index in [0.717, 1.165) is 25.7 Å². The zero-order valence-electron chi connectivity index (χ0n) is 11.4. The zero-order valence-corrected chi connectivity index (χ0v) is 11.4. The van der Waals surface area contributed by atoms with Crippen LogP contribution in [0.5, 0.6) is 0 Å². The van der Waals surface area contributed by atoms with E-state index >= 15 is 0 Å². The van der Waals surface area contributed by atoms with Gasteiger partial charge >= 0.3 is 0 Å². The summed E-state index contributed by atoms with van der Waals surface area (Å²) in [6.07, 6.45) is 3.47. The molecule has 0 atom stereocenters. The number of rotatable bonds is 8. The van der Waals surface area contributed by atoms with Crippen LogP contribution < -0.4 is 16.4 Å². The van der Waals surface area contributed by atoms with Gasteiger partial charge in [0.1, 0.15) is 0 Å². The van der Waals surface area contributed by atoms with Gasteiger partial charge in [-0.1, -0.05) is 13.8 Å². The van der Waals surface area contributed by atoms with Gasteiger partial charge in [0.15, 0.2) is 0 Å². The van der Waals surface area contributed by atoms with Crippen molar-refractivity contribution in [2.45, 2.75) is 39.5 Å². The number of carbonyl (C=O) groups is 2. The van der Waals surface area contributed by atoms with E-state index in [2.05, 4.69) is 10.6 Å². The summed E-state index contributed by atoms with van der Waals surface area (Å²) in [6, 6.07) is 0. The van der Waals surface area contributed by atoms with Crippen LogP contribution in [-0.4, -0.2) is 31.4 Å². The van der Waals surface area contributed by atoms with Crippen molar-refractivity contribution in [1.82, 2.24) is 10.6 Å². The third-order valence-corrected chi connectivity index (χ3v) is 3.88. The lowest BCUT2D eigenvalue weighted by Crippen LogP contribution is -2.47. The summed E-state index contributed by atoms with van der Waals surface area (Å²) in [6.45, 7) is 5.28. The highest BCUT2D eigenvalue weighted by Gasteiger charge is 2.33. The molecule has 0 aliphatic heterocycles. The molecule has 1 aliphatic carbocycles. The van der Waals surface area contributed by atoms with E-state index in [1.807, 2.05) is 13.8 Å². The van der Waals surface area contributed by atoms with E-state index in [1.165, 1.54) is 0 Å². The van der Waals surface area contributed by atoms with Crippen LogP contribution in [0.2, 0.25) is 0 Å². The minimum Gasteiger partial charge on any atom is -0.354 e. The fourth-order valence-corrected chi connectivity index (χ4v) is 1.99. The first-order valence-electron chi connectivity index (χ1n) is 6.85. The second kappa shape index (κ2) is 6.73. The molecule has 5 nitrogen and oxygen atoms in total. The van der Waals surface area contributed by atoms with Gasteiger partial charge in [-0.15, -0.1) is 0 Å². The van der Waals surface area contributed by atoms with Crippen LogP contribution in [0.1, 0.15) is 39.5 Å². The quantitative estimate of drug-likeness (QED) is 0.549. The molecule has 0 bridgehead atoms. The summed E-state index contributed by atoms with van der Waals surface area (Å²) >= 11 is 0. The van der Waals surface area contributed by atoms with Gasteiger partial charge in [0.2, 0.25) is 11.8 Å². The maximum absolute atomic E-state index is 12.0. The zero-order chi connectivity index (χ0) is 13.6. The van der Waals surface area contributed by atoms with Crippen LogP contribution in [0.25, 0.3) is 0 Å². The van der Waals surface area contributed by atoms with E-state index < -0.39 is 5.41 Å². The van der Waals surface area contributed by atoms with Crippen molar-refractivity contribution >= 4 is 11.8 Å². The lowest BCUT2D eigenvalue weighted by Gasteiger charge is -2.28. The Morgan fingerprint density at radius 3 is 2.17 bits per heavy atom. The van der Waals surface area contributed by atoms with Crippen LogP contribution in [0.15, 0.2) is 0 Å². The molecule has 0 heterocycles. The van der Waals surface area contributed by atoms with Gasteiger partial charge in [-0.2, -0.15) is 0 Å². The Balaban J connectivity index is 2.24. The molecular formula is C13H25N3O2. The predicted octanol–water partition coefficient (Wildman–Crippen LogP) is 0.394. The number of hydrogen-bond acceptors (Lipinski definition) is 3. The average Bonchev–Trinajstić information content (AvgIpc) is 3.21. The first kappa shape index (κ1) is 15.0. The highest BCUT2D eigenvalue weighted by Crippen LogP contribution is 2.28. The molecule has 1 aliphatic rings. The van der Waals surface area contributed by atoms with E-state index in [-0.39, 0.29) is 17.7 Å². The molecule has 0 spiro atoms. The van der Waals surface area contributed by atoms with Crippen LogP contribution in [0.4, 0.5) is 0 Å². The van der Waals surface area contributed by atoms with Crippen LogP contribution in [0, 0.1) is 11.3 Å². The van der Waals surface area contributed by atoms with Crippen molar-refractivity contribution in [1.29, 1.82) is 0 Å². The first-order valence-corrected chi connectivity index (χ1v) is 6.85. The van der Waals surface area contributed by atoms with Crippen molar-refractivity contribution in [3.05, 3.63) is 0 Å². The lowest BCUT2D eigenvalue weighted by molar-refractivity contribution is -0.131. The molecule has 18 heavy (non-hydrogen) atoms. The van der Waals surface area contributed by atoms with Gasteiger partial charge in [-0.05, 0) is 25.7 Å². The summed E-state index contributed by atoms with van der Waals surface area (Å²) in [7, 11) is 0. The second-order valence-electron chi connectivity index (χ2n) is 5.01. The summed E-state index contributed by atoms with van der Waals surface area (Å²) in [5, 5.41) is 5.68. The van der Waals surface area contributed by atoms with Gasteiger partial charge in [-0.25, -0.2) is 0 Å². The van der Waals surface area contributed by atoms with Gasteiger partial charge < -0.3 is 16.4 Å². The monoisotopic (exact) mass is 255 g/mol. The van der Waals surface area contributed by atoms with Crippen molar-refractivity contribution in [2.75, 3.05) is 19.6 Å². The van der Waals surface area contributed by atoms with Crippen LogP contribution in [0.3, 0.4) is 0 Å². The molecular weight excluding hydrogens is 230 g/mol. The van der Waals surface area contributed by atoms with Gasteiger partial charge in [-0.3, -0.25) is 9.59 Å². The third-order valence-electron chi connectivity index (χ3n) is 3.88. The standard InChI is InChI=1S/C13H25N3O2/c1-3-13(4-2,9-14)12(18)16-8-7-15-11(17)10-5-6-10/h10H,3-9,14H2,1-2H3,(H,15,17)(H,16,18). The predicted molar refractivity (Wildman–Crippen MR) is 70.8 cm³/mol. The third kappa shape index (κ3) is 3.70. The fraction of sp³-hybridized carbons (Fsp3) is 0.846. The minimum absolute atomic E-state index is 0.00401. The SMILES string of the molecule is CCC(CC)(CN)C(=O)NCCNC(=O)C1CC1. The average molecular weight is 255 g/mol. The van der Waals surface area contributed by atoms with Gasteiger partial charge in [0.05, 0.1) is 5.41 Å². The number of carbonyl (C=O) groups excluding carboxylic acids is 2. The Labute approximate surface area is 109 Å². The number of nitrogens with two attached hydrogens (primary N) is 1. The Kier molecular flexibility index (Phi) is 5.59. The van der Waals surface area contributed by atoms with E-state index in [0.29, 0.717) is 19.6 Å². The van der Waals surface area contributed by atoms with Gasteiger partial charge in [0, 0.05) is 25.6 Å². The molecule has 0 aromatic rings. The molecule has 0 unspecified atom stereocenters. The molecule has 0 saturated heterocycles. The Morgan fingerprint density at radius 2 is 1.72 bits per heavy atom. The fourth-order valence-electron chi connectivity index (χ4n) is 1.99. The van der Waals surface area contributed by atoms with E-state index in [9.17, 15) is 9.59 Å². The molecule has 104 valence electrons. The second-order valence-corrected chi connectivity index (χ2v) is 5.01. The van der Waals surface area contributed by atoms with Crippen molar-refractivity contribution in [3.63, 3.8) is 0 Å². The maximum Gasteiger partial charge on any atom is 0.227 e. The normalized spacial score (nSPS) is 15.3. The topological polar surface area (TPSA) is 84.2 Å². The van der Waals surface area contributed by atoms with E-state index in [1.54, 1.807) is 0 Å². The summed E-state index contributed by atoms with van der Waals surface area (Å²) in [5.41, 5.74) is 5.24. The van der Waals surface area contributed by atoms with E-state index in [4.69, 9.17) is 5.73 Å². The van der Waals surface area contributed by atoms with Crippen molar-refractivity contribution in [2.24, 2.45) is 17.1 Å². The number of nitrogens with one attached hydrogen (secondary N) is 2. The molecule has 1 rings (SSSR count). The Bertz CT molecular complexity index is 288. The van der Waals surface area contributed by atoms with Crippen molar-refractivity contribution in [3.8, 4) is 0 Å². The lowest BCUT2D eigenvalue weighted by atomic mass is 9.81. The summed E-state index contributed by atoms with van der Waals surface area (Å²) in [5.74, 6) is 0.325. The number of hydrogen-bond donors (Lipinski definition) is 3. The highest BCUT2D eigenvalue weighted by molar-refractivity contribution is 5.83. The molecule has 5 heteroatoms. The van der Waals surface area contributed by atoms with Crippen LogP contribution >= 0.6 is 0 Å². The Hall–Kier alpha value is -1.10. The Morgan fingerprint density at radius 1 is 1.17 bits per heavy atom. The van der Waals surface area contributed by atoms with Gasteiger partial charge in [0.25, 0.3) is 0 Å². The summed E-state index contributed by atoms with van der Waals surface area (Å²) in [4.78, 5) is 23.4. The maximum atomic E-state index is 12.0. The van der Waals surface area contributed by atoms with Crippen LogP contribution in [-0.2, 0) is 9.59 Å². The molecule has 0 aromatic carbocycles. The molecule has 1 saturated carbocycles. The molecule has 2 amide bonds. The molecule has 0 aromatic heterocycles. The first-order chi connectivity index (χ1) is 8.59. The highest BCUT2D eigenvalue weighted by atomic mass is 16.2.